The summed E-state index contributed by atoms with van der Waals surface area (Å²) in [5.74, 6) is -0.116. The van der Waals surface area contributed by atoms with Gasteiger partial charge in [0.25, 0.3) is 0 Å². The average Bonchev–Trinajstić information content (AvgIpc) is 2.84. The lowest BCUT2D eigenvalue weighted by Gasteiger charge is -2.26. The van der Waals surface area contributed by atoms with Gasteiger partial charge in [-0.2, -0.15) is 4.90 Å². The minimum absolute atomic E-state index is 0.0406. The molecule has 178 valence electrons. The quantitative estimate of drug-likeness (QED) is 0.518. The summed E-state index contributed by atoms with van der Waals surface area (Å²) in [6.45, 7) is -0.151. The molecule has 0 spiro atoms. The molecule has 0 radical (unpaired) electrons. The first-order valence-corrected chi connectivity index (χ1v) is 10.2. The van der Waals surface area contributed by atoms with Gasteiger partial charge in [-0.05, 0) is 54.8 Å². The van der Waals surface area contributed by atoms with Crippen molar-refractivity contribution < 1.29 is 38.4 Å². The summed E-state index contributed by atoms with van der Waals surface area (Å²) < 4.78 is 20.6. The van der Waals surface area contributed by atoms with Crippen LogP contribution in [0, 0.1) is 0 Å². The van der Waals surface area contributed by atoms with Gasteiger partial charge in [-0.3, -0.25) is 0 Å². The molecule has 0 aliphatic rings. The summed E-state index contributed by atoms with van der Waals surface area (Å²) in [4.78, 5) is 37.8. The molecule has 0 bridgehead atoms. The van der Waals surface area contributed by atoms with E-state index in [4.69, 9.17) is 24.7 Å². The molecule has 0 saturated heterocycles. The van der Waals surface area contributed by atoms with E-state index in [1.54, 1.807) is 48.5 Å². The summed E-state index contributed by atoms with van der Waals surface area (Å²) in [7, 11) is 3.05. The van der Waals surface area contributed by atoms with Gasteiger partial charge in [-0.25, -0.2) is 14.4 Å². The molecule has 33 heavy (non-hydrogen) atoms. The first-order chi connectivity index (χ1) is 15.9. The number of hydrogen-bond acceptors (Lipinski definition) is 8. The maximum atomic E-state index is 12.8. The summed E-state index contributed by atoms with van der Waals surface area (Å²) in [6.07, 6.45) is -2.02. The third-order valence-electron chi connectivity index (χ3n) is 4.71. The van der Waals surface area contributed by atoms with Crippen molar-refractivity contribution in [3.05, 3.63) is 59.7 Å². The molecule has 10 heteroatoms. The van der Waals surface area contributed by atoms with Crippen LogP contribution in [0.5, 0.6) is 11.5 Å². The summed E-state index contributed by atoms with van der Waals surface area (Å²) >= 11 is 0. The second kappa shape index (κ2) is 12.9. The number of aliphatic carboxylic acids is 1. The Bertz CT molecular complexity index is 852. The fourth-order valence-electron chi connectivity index (χ4n) is 2.88. The number of methoxy groups -OCH3 is 2. The lowest BCUT2D eigenvalue weighted by Crippen LogP contribution is -2.49. The van der Waals surface area contributed by atoms with Crippen LogP contribution in [0.15, 0.2) is 48.5 Å². The second-order valence-corrected chi connectivity index (χ2v) is 6.96. The van der Waals surface area contributed by atoms with Crippen LogP contribution >= 0.6 is 0 Å². The van der Waals surface area contributed by atoms with Crippen molar-refractivity contribution in [1.82, 2.24) is 4.90 Å². The van der Waals surface area contributed by atoms with Crippen molar-refractivity contribution in [1.29, 1.82) is 0 Å². The van der Waals surface area contributed by atoms with E-state index in [1.165, 1.54) is 14.2 Å². The number of hydrogen-bond donors (Lipinski definition) is 2. The highest BCUT2D eigenvalue weighted by atomic mass is 16.6. The SMILES string of the molecule is COc1ccc(COC(=O)N(C(=O)OCc2ccc(OC)cc2)C(CCCN)C(=O)O)cc1. The third kappa shape index (κ3) is 7.69. The van der Waals surface area contributed by atoms with Crippen LogP contribution < -0.4 is 15.2 Å². The monoisotopic (exact) mass is 460 g/mol. The van der Waals surface area contributed by atoms with Crippen molar-refractivity contribution in [2.45, 2.75) is 32.1 Å². The average molecular weight is 460 g/mol. The van der Waals surface area contributed by atoms with E-state index in [9.17, 15) is 19.5 Å². The molecule has 0 aliphatic carbocycles. The molecule has 10 nitrogen and oxygen atoms in total. The summed E-state index contributed by atoms with van der Waals surface area (Å²) in [5.41, 5.74) is 6.74. The van der Waals surface area contributed by atoms with Gasteiger partial charge >= 0.3 is 18.2 Å². The molecule has 0 fully saturated rings. The zero-order valence-electron chi connectivity index (χ0n) is 18.6. The van der Waals surface area contributed by atoms with Gasteiger partial charge < -0.3 is 29.8 Å². The molecule has 1 atom stereocenters. The fraction of sp³-hybridized carbons (Fsp3) is 0.348. The van der Waals surface area contributed by atoms with E-state index < -0.39 is 24.2 Å². The molecule has 0 aliphatic heterocycles. The number of nitrogens with two attached hydrogens (primary N) is 1. The van der Waals surface area contributed by atoms with E-state index >= 15 is 0 Å². The van der Waals surface area contributed by atoms with Crippen molar-refractivity contribution in [3.63, 3.8) is 0 Å². The maximum absolute atomic E-state index is 12.8. The van der Waals surface area contributed by atoms with E-state index in [2.05, 4.69) is 0 Å². The number of carboxylic acids is 1. The normalized spacial score (nSPS) is 11.2. The summed E-state index contributed by atoms with van der Waals surface area (Å²) in [6, 6.07) is 12.0. The van der Waals surface area contributed by atoms with Crippen molar-refractivity contribution >= 4 is 18.2 Å². The van der Waals surface area contributed by atoms with E-state index in [1.807, 2.05) is 0 Å². The van der Waals surface area contributed by atoms with Crippen LogP contribution in [0.4, 0.5) is 9.59 Å². The topological polar surface area (TPSA) is 138 Å². The molecule has 0 aromatic heterocycles. The predicted molar refractivity (Wildman–Crippen MR) is 118 cm³/mol. The zero-order chi connectivity index (χ0) is 24.2. The minimum atomic E-state index is -1.49. The lowest BCUT2D eigenvalue weighted by molar-refractivity contribution is -0.142. The van der Waals surface area contributed by atoms with Crippen LogP contribution in [0.25, 0.3) is 0 Å². The number of ether oxygens (including phenoxy) is 4. The van der Waals surface area contributed by atoms with Gasteiger partial charge in [0.15, 0.2) is 0 Å². The molecule has 2 aromatic carbocycles. The number of imide groups is 1. The van der Waals surface area contributed by atoms with Gasteiger partial charge in [0.05, 0.1) is 14.2 Å². The molecule has 2 amide bonds. The number of carboxylic acid groups (broad SMARTS) is 1. The molecule has 0 saturated carbocycles. The molecule has 1 unspecified atom stereocenters. The smallest absolute Gasteiger partial charge is 0.420 e. The largest absolute Gasteiger partial charge is 0.497 e. The molecule has 3 N–H and O–H groups in total. The Balaban J connectivity index is 2.12. The number of benzene rings is 2. The number of nitrogens with zero attached hydrogens (tertiary/aromatic N) is 1. The zero-order valence-corrected chi connectivity index (χ0v) is 18.6. The summed E-state index contributed by atoms with van der Waals surface area (Å²) in [5, 5.41) is 9.63. The minimum Gasteiger partial charge on any atom is -0.497 e. The standard InChI is InChI=1S/C23H28N2O8/c1-30-18-9-5-16(6-10-18)14-32-22(28)25(20(21(26)27)4-3-13-24)23(29)33-15-17-7-11-19(31-2)12-8-17/h5-12,20H,3-4,13-15,24H2,1-2H3,(H,26,27). The van der Waals surface area contributed by atoms with Crippen LogP contribution in [0.1, 0.15) is 24.0 Å². The van der Waals surface area contributed by atoms with Gasteiger partial charge in [-0.1, -0.05) is 24.3 Å². The Morgan fingerprint density at radius 3 is 1.61 bits per heavy atom. The lowest BCUT2D eigenvalue weighted by atomic mass is 10.1. The Hall–Kier alpha value is -3.79. The molecular weight excluding hydrogens is 432 g/mol. The van der Waals surface area contributed by atoms with Crippen molar-refractivity contribution in [3.8, 4) is 11.5 Å². The number of rotatable bonds is 11. The Morgan fingerprint density at radius 2 is 1.27 bits per heavy atom. The maximum Gasteiger partial charge on any atom is 0.420 e. The fourth-order valence-corrected chi connectivity index (χ4v) is 2.88. The van der Waals surface area contributed by atoms with E-state index in [0.29, 0.717) is 27.5 Å². The van der Waals surface area contributed by atoms with Gasteiger partial charge in [0.2, 0.25) is 0 Å². The first-order valence-electron chi connectivity index (χ1n) is 10.2. The van der Waals surface area contributed by atoms with Gasteiger partial charge in [0, 0.05) is 0 Å². The van der Waals surface area contributed by atoms with Gasteiger partial charge in [0.1, 0.15) is 30.8 Å². The molecular formula is C23H28N2O8. The van der Waals surface area contributed by atoms with Gasteiger partial charge in [-0.15, -0.1) is 0 Å². The van der Waals surface area contributed by atoms with Crippen LogP contribution in [0.3, 0.4) is 0 Å². The number of carbonyl (C=O) groups excluding carboxylic acids is 2. The van der Waals surface area contributed by atoms with Crippen LogP contribution in [-0.2, 0) is 27.5 Å². The van der Waals surface area contributed by atoms with Crippen LogP contribution in [0.2, 0.25) is 0 Å². The number of amides is 2. The van der Waals surface area contributed by atoms with E-state index in [-0.39, 0.29) is 32.6 Å². The third-order valence-corrected chi connectivity index (χ3v) is 4.71. The first kappa shape index (κ1) is 25.5. The molecule has 2 rings (SSSR count). The molecule has 2 aromatic rings. The van der Waals surface area contributed by atoms with Crippen LogP contribution in [-0.4, -0.2) is 55.0 Å². The highest BCUT2D eigenvalue weighted by Gasteiger charge is 2.37. The predicted octanol–water partition coefficient (Wildman–Crippen LogP) is 3.17. The number of carbonyl (C=O) groups is 3. The Morgan fingerprint density at radius 1 is 0.848 bits per heavy atom. The van der Waals surface area contributed by atoms with E-state index in [0.717, 1.165) is 0 Å². The second-order valence-electron chi connectivity index (χ2n) is 6.96. The highest BCUT2D eigenvalue weighted by Crippen LogP contribution is 2.17. The molecule has 0 heterocycles. The van der Waals surface area contributed by atoms with Crippen molar-refractivity contribution in [2.24, 2.45) is 5.73 Å². The Kier molecular flexibility index (Phi) is 9.97. The van der Waals surface area contributed by atoms with Crippen molar-refractivity contribution in [2.75, 3.05) is 20.8 Å². The Labute approximate surface area is 191 Å². The highest BCUT2D eigenvalue weighted by molar-refractivity contribution is 5.93.